The molecular formula is C22H26N2O4. The maximum Gasteiger partial charge on any atom is 0.260 e. The summed E-state index contributed by atoms with van der Waals surface area (Å²) in [6, 6.07) is 11.5. The normalized spacial score (nSPS) is 19.8. The molecule has 4 rings (SSSR count). The molecule has 0 bridgehead atoms. The third-order valence-corrected chi connectivity index (χ3v) is 5.05. The van der Waals surface area contributed by atoms with E-state index in [-0.39, 0.29) is 24.2 Å². The summed E-state index contributed by atoms with van der Waals surface area (Å²) in [6.07, 6.45) is 1.59. The number of carbonyl (C=O) groups excluding carboxylic acids is 1. The lowest BCUT2D eigenvalue weighted by Gasteiger charge is -2.19. The van der Waals surface area contributed by atoms with Crippen molar-refractivity contribution in [3.05, 3.63) is 47.7 Å². The van der Waals surface area contributed by atoms with Gasteiger partial charge in [0.15, 0.2) is 18.1 Å². The largest absolute Gasteiger partial charge is 0.483 e. The molecule has 0 spiro atoms. The van der Waals surface area contributed by atoms with Crippen LogP contribution in [0.5, 0.6) is 17.4 Å². The summed E-state index contributed by atoms with van der Waals surface area (Å²) < 4.78 is 17.7. The molecule has 2 aliphatic rings. The van der Waals surface area contributed by atoms with E-state index in [0.29, 0.717) is 24.7 Å². The van der Waals surface area contributed by atoms with Crippen LogP contribution in [0.3, 0.4) is 0 Å². The smallest absolute Gasteiger partial charge is 0.260 e. The number of nitrogens with zero attached hydrogens (tertiary/aromatic N) is 2. The lowest BCUT2D eigenvalue weighted by molar-refractivity contribution is -0.132. The van der Waals surface area contributed by atoms with Crippen LogP contribution in [-0.4, -0.2) is 47.2 Å². The van der Waals surface area contributed by atoms with Gasteiger partial charge in [-0.05, 0) is 32.9 Å². The highest BCUT2D eigenvalue weighted by Crippen LogP contribution is 2.41. The van der Waals surface area contributed by atoms with Crippen LogP contribution in [-0.2, 0) is 11.2 Å². The van der Waals surface area contributed by atoms with Gasteiger partial charge >= 0.3 is 0 Å². The van der Waals surface area contributed by atoms with Gasteiger partial charge < -0.3 is 19.1 Å². The van der Waals surface area contributed by atoms with E-state index in [2.05, 4.69) is 18.8 Å². The fourth-order valence-electron chi connectivity index (χ4n) is 3.74. The van der Waals surface area contributed by atoms with E-state index in [9.17, 15) is 4.79 Å². The number of amides is 1. The van der Waals surface area contributed by atoms with Crippen LogP contribution in [0, 0.1) is 6.92 Å². The first-order valence-corrected chi connectivity index (χ1v) is 9.71. The van der Waals surface area contributed by atoms with Gasteiger partial charge in [0.05, 0.1) is 6.54 Å². The molecule has 1 aromatic carbocycles. The van der Waals surface area contributed by atoms with Crippen LogP contribution in [0.25, 0.3) is 0 Å². The molecule has 0 radical (unpaired) electrons. The Morgan fingerprint density at radius 3 is 2.93 bits per heavy atom. The van der Waals surface area contributed by atoms with Crippen LogP contribution in [0.2, 0.25) is 0 Å². The minimum absolute atomic E-state index is 0.00431. The average Bonchev–Trinajstić information content (AvgIpc) is 3.22. The third-order valence-electron chi connectivity index (χ3n) is 5.05. The molecule has 1 atom stereocenters. The Morgan fingerprint density at radius 2 is 2.11 bits per heavy atom. The minimum Gasteiger partial charge on any atom is -0.483 e. The Morgan fingerprint density at radius 1 is 1.29 bits per heavy atom. The summed E-state index contributed by atoms with van der Waals surface area (Å²) in [6.45, 7) is 7.24. The molecule has 0 N–H and O–H groups in total. The van der Waals surface area contributed by atoms with Gasteiger partial charge in [-0.3, -0.25) is 4.79 Å². The molecule has 3 heterocycles. The molecule has 1 unspecified atom stereocenters. The number of rotatable bonds is 5. The van der Waals surface area contributed by atoms with Gasteiger partial charge in [-0.1, -0.05) is 18.2 Å². The van der Waals surface area contributed by atoms with Crippen molar-refractivity contribution in [1.29, 1.82) is 0 Å². The predicted octanol–water partition coefficient (Wildman–Crippen LogP) is 3.16. The molecule has 2 aliphatic heterocycles. The zero-order chi connectivity index (χ0) is 19.7. The summed E-state index contributed by atoms with van der Waals surface area (Å²) >= 11 is 0. The molecule has 1 aromatic heterocycles. The average molecular weight is 382 g/mol. The second kappa shape index (κ2) is 7.34. The fourth-order valence-corrected chi connectivity index (χ4v) is 3.74. The first-order valence-electron chi connectivity index (χ1n) is 9.71. The Kier molecular flexibility index (Phi) is 4.87. The summed E-state index contributed by atoms with van der Waals surface area (Å²) in [5.41, 5.74) is 1.79. The minimum atomic E-state index is -0.241. The van der Waals surface area contributed by atoms with Crippen molar-refractivity contribution >= 4 is 5.91 Å². The first kappa shape index (κ1) is 18.6. The Labute approximate surface area is 165 Å². The van der Waals surface area contributed by atoms with Gasteiger partial charge in [0.1, 0.15) is 11.7 Å². The Balaban J connectivity index is 1.32. The zero-order valence-corrected chi connectivity index (χ0v) is 16.6. The number of aromatic nitrogens is 1. The van der Waals surface area contributed by atoms with Crippen LogP contribution < -0.4 is 14.2 Å². The topological polar surface area (TPSA) is 60.9 Å². The van der Waals surface area contributed by atoms with E-state index in [1.165, 1.54) is 0 Å². The molecule has 6 nitrogen and oxygen atoms in total. The van der Waals surface area contributed by atoms with E-state index in [0.717, 1.165) is 29.8 Å². The number of ether oxygens (including phenoxy) is 3. The van der Waals surface area contributed by atoms with Crippen molar-refractivity contribution in [3.8, 4) is 17.4 Å². The van der Waals surface area contributed by atoms with Crippen LogP contribution in [0.15, 0.2) is 36.4 Å². The molecular weight excluding hydrogens is 356 g/mol. The molecule has 0 saturated carbocycles. The molecule has 0 aliphatic carbocycles. The monoisotopic (exact) mass is 382 g/mol. The number of aryl methyl sites for hydroxylation is 1. The SMILES string of the molecule is Cc1cccc(OC2CCN(C(=O)COc3cccc4c3OC(C)(C)C4)C2)n1. The Hall–Kier alpha value is -2.76. The number of para-hydroxylation sites is 1. The van der Waals surface area contributed by atoms with E-state index in [1.807, 2.05) is 43.3 Å². The second-order valence-corrected chi connectivity index (χ2v) is 8.06. The highest BCUT2D eigenvalue weighted by molar-refractivity contribution is 5.78. The van der Waals surface area contributed by atoms with Crippen LogP contribution >= 0.6 is 0 Å². The van der Waals surface area contributed by atoms with Crippen LogP contribution in [0.4, 0.5) is 0 Å². The number of pyridine rings is 1. The number of hydrogen-bond acceptors (Lipinski definition) is 5. The summed E-state index contributed by atoms with van der Waals surface area (Å²) in [5, 5.41) is 0. The highest BCUT2D eigenvalue weighted by Gasteiger charge is 2.33. The molecule has 148 valence electrons. The number of fused-ring (bicyclic) bond motifs is 1. The molecule has 1 fully saturated rings. The number of benzene rings is 1. The summed E-state index contributed by atoms with van der Waals surface area (Å²) in [7, 11) is 0. The van der Waals surface area contributed by atoms with Gasteiger partial charge in [0.25, 0.3) is 5.91 Å². The fraction of sp³-hybridized carbons (Fsp3) is 0.455. The molecule has 1 saturated heterocycles. The molecule has 1 amide bonds. The second-order valence-electron chi connectivity index (χ2n) is 8.06. The van der Waals surface area contributed by atoms with E-state index in [4.69, 9.17) is 14.2 Å². The Bertz CT molecular complexity index is 881. The van der Waals surface area contributed by atoms with Gasteiger partial charge in [-0.15, -0.1) is 0 Å². The van der Waals surface area contributed by atoms with Crippen molar-refractivity contribution < 1.29 is 19.0 Å². The highest BCUT2D eigenvalue weighted by atomic mass is 16.5. The standard InChI is InChI=1S/C22H26N2O4/c1-15-6-4-9-19(23-15)27-17-10-11-24(13-17)20(25)14-26-18-8-5-7-16-12-22(2,3)28-21(16)18/h4-9,17H,10-14H2,1-3H3. The van der Waals surface area contributed by atoms with Gasteiger partial charge in [-0.25, -0.2) is 4.98 Å². The maximum atomic E-state index is 12.6. The van der Waals surface area contributed by atoms with Crippen molar-refractivity contribution in [2.45, 2.75) is 45.3 Å². The zero-order valence-electron chi connectivity index (χ0n) is 16.6. The summed E-state index contributed by atoms with van der Waals surface area (Å²) in [4.78, 5) is 18.7. The lowest BCUT2D eigenvalue weighted by Crippen LogP contribution is -2.34. The van der Waals surface area contributed by atoms with Crippen molar-refractivity contribution in [2.24, 2.45) is 0 Å². The maximum absolute atomic E-state index is 12.6. The molecule has 2 aromatic rings. The van der Waals surface area contributed by atoms with E-state index < -0.39 is 0 Å². The lowest BCUT2D eigenvalue weighted by atomic mass is 10.0. The summed E-state index contributed by atoms with van der Waals surface area (Å²) in [5.74, 6) is 1.95. The number of carbonyl (C=O) groups is 1. The molecule has 6 heteroatoms. The predicted molar refractivity (Wildman–Crippen MR) is 105 cm³/mol. The van der Waals surface area contributed by atoms with Crippen molar-refractivity contribution in [3.63, 3.8) is 0 Å². The van der Waals surface area contributed by atoms with Crippen LogP contribution in [0.1, 0.15) is 31.5 Å². The van der Waals surface area contributed by atoms with Crippen molar-refractivity contribution in [2.75, 3.05) is 19.7 Å². The molecule has 28 heavy (non-hydrogen) atoms. The van der Waals surface area contributed by atoms with Gasteiger partial charge in [0, 0.05) is 36.7 Å². The van der Waals surface area contributed by atoms with E-state index >= 15 is 0 Å². The number of likely N-dealkylation sites (tertiary alicyclic amines) is 1. The van der Waals surface area contributed by atoms with E-state index in [1.54, 1.807) is 4.90 Å². The van der Waals surface area contributed by atoms with Gasteiger partial charge in [-0.2, -0.15) is 0 Å². The first-order chi connectivity index (χ1) is 13.4. The quantitative estimate of drug-likeness (QED) is 0.795. The number of hydrogen-bond donors (Lipinski definition) is 0. The third kappa shape index (κ3) is 4.06. The van der Waals surface area contributed by atoms with Gasteiger partial charge in [0.2, 0.25) is 5.88 Å². The van der Waals surface area contributed by atoms with Crippen molar-refractivity contribution in [1.82, 2.24) is 9.88 Å².